The van der Waals surface area contributed by atoms with Crippen LogP contribution in [0, 0.1) is 12.3 Å². The maximum Gasteiger partial charge on any atom is 0.224 e. The number of hydrogen-bond acceptors (Lipinski definition) is 4. The fraction of sp³-hybridized carbons (Fsp3) is 0.619. The zero-order chi connectivity index (χ0) is 20.5. The van der Waals surface area contributed by atoms with E-state index in [9.17, 15) is 9.59 Å². The Hall–Kier alpha value is -2.44. The summed E-state index contributed by atoms with van der Waals surface area (Å²) >= 11 is 0. The minimum absolute atomic E-state index is 0.0355. The minimum atomic E-state index is -0.0716. The summed E-state index contributed by atoms with van der Waals surface area (Å²) in [4.78, 5) is 29.6. The van der Waals surface area contributed by atoms with Crippen molar-refractivity contribution in [1.29, 1.82) is 0 Å². The van der Waals surface area contributed by atoms with Crippen molar-refractivity contribution in [3.05, 3.63) is 35.2 Å². The van der Waals surface area contributed by atoms with E-state index in [4.69, 9.17) is 0 Å². The number of ketones is 1. The third kappa shape index (κ3) is 4.18. The number of fused-ring (bicyclic) bond motifs is 1. The number of nitrogens with zero attached hydrogens (tertiary/aromatic N) is 4. The summed E-state index contributed by atoms with van der Waals surface area (Å²) in [6.07, 6.45) is 5.75. The molecule has 0 spiro atoms. The first kappa shape index (κ1) is 20.3. The number of rotatable bonds is 7. The molecule has 0 aromatic carbocycles. The van der Waals surface area contributed by atoms with Crippen LogP contribution in [-0.2, 0) is 30.7 Å². The molecule has 7 nitrogen and oxygen atoms in total. The average Bonchev–Trinajstić information content (AvgIpc) is 3.16. The zero-order valence-electron chi connectivity index (χ0n) is 17.6. The van der Waals surface area contributed by atoms with E-state index < -0.39 is 0 Å². The van der Waals surface area contributed by atoms with Gasteiger partial charge < -0.3 is 9.88 Å². The SMILES string of the molecule is CCCn1c(C)c(CC(=O)N[C@@H](C)Cn2cncn2)c2c1CC(C)(C)CC2=O. The molecule has 2 aromatic rings. The molecule has 1 aliphatic rings. The molecule has 1 N–H and O–H groups in total. The predicted octanol–water partition coefficient (Wildman–Crippen LogP) is 2.70. The Balaban J connectivity index is 1.81. The standard InChI is InChI=1S/C21H31N5O2/c1-6-7-26-15(3)16(20-17(26)9-21(4,5)10-18(20)27)8-19(28)24-14(2)11-25-13-22-12-23-25/h12-14H,6-11H2,1-5H3,(H,24,28)/t14-/m0/s1. The van der Waals surface area contributed by atoms with E-state index >= 15 is 0 Å². The van der Waals surface area contributed by atoms with Crippen molar-refractivity contribution < 1.29 is 9.59 Å². The number of hydrogen-bond donors (Lipinski definition) is 1. The Morgan fingerprint density at radius 3 is 2.75 bits per heavy atom. The van der Waals surface area contributed by atoms with E-state index in [-0.39, 0.29) is 29.6 Å². The molecule has 1 atom stereocenters. The molecule has 7 heteroatoms. The quantitative estimate of drug-likeness (QED) is 0.794. The van der Waals surface area contributed by atoms with Gasteiger partial charge in [-0.3, -0.25) is 14.3 Å². The Labute approximate surface area is 166 Å². The molecule has 0 saturated heterocycles. The highest BCUT2D eigenvalue weighted by atomic mass is 16.1. The van der Waals surface area contributed by atoms with Gasteiger partial charge in [0.05, 0.1) is 13.0 Å². The summed E-state index contributed by atoms with van der Waals surface area (Å²) in [7, 11) is 0. The number of carbonyl (C=O) groups is 2. The van der Waals surface area contributed by atoms with E-state index in [2.05, 4.69) is 40.7 Å². The van der Waals surface area contributed by atoms with Crippen LogP contribution in [0.1, 0.15) is 67.8 Å². The molecule has 1 aliphatic carbocycles. The normalized spacial score (nSPS) is 16.7. The first-order valence-corrected chi connectivity index (χ1v) is 10.1. The second-order valence-corrected chi connectivity index (χ2v) is 8.74. The van der Waals surface area contributed by atoms with Crippen molar-refractivity contribution in [3.63, 3.8) is 0 Å². The summed E-state index contributed by atoms with van der Waals surface area (Å²) in [6, 6.07) is -0.0716. The fourth-order valence-corrected chi connectivity index (χ4v) is 4.29. The molecule has 0 saturated carbocycles. The average molecular weight is 386 g/mol. The van der Waals surface area contributed by atoms with E-state index in [0.29, 0.717) is 13.0 Å². The van der Waals surface area contributed by atoms with Crippen LogP contribution in [0.25, 0.3) is 0 Å². The van der Waals surface area contributed by atoms with Gasteiger partial charge in [-0.2, -0.15) is 5.10 Å². The van der Waals surface area contributed by atoms with Crippen molar-refractivity contribution in [2.75, 3.05) is 0 Å². The zero-order valence-corrected chi connectivity index (χ0v) is 17.6. The molecular formula is C21H31N5O2. The van der Waals surface area contributed by atoms with E-state index in [1.807, 2.05) is 13.8 Å². The van der Waals surface area contributed by atoms with Gasteiger partial charge in [0.15, 0.2) is 5.78 Å². The van der Waals surface area contributed by atoms with E-state index in [1.54, 1.807) is 11.0 Å². The summed E-state index contributed by atoms with van der Waals surface area (Å²) in [5.41, 5.74) is 3.82. The lowest BCUT2D eigenvalue weighted by molar-refractivity contribution is -0.121. The number of Topliss-reactive ketones (excluding diaryl/α,β-unsaturated/α-hetero) is 1. The van der Waals surface area contributed by atoms with Crippen LogP contribution in [0.2, 0.25) is 0 Å². The van der Waals surface area contributed by atoms with Crippen molar-refractivity contribution in [3.8, 4) is 0 Å². The highest BCUT2D eigenvalue weighted by molar-refractivity contribution is 6.01. The maximum atomic E-state index is 12.9. The summed E-state index contributed by atoms with van der Waals surface area (Å²) < 4.78 is 3.96. The molecular weight excluding hydrogens is 354 g/mol. The van der Waals surface area contributed by atoms with Gasteiger partial charge in [0, 0.05) is 36.0 Å². The van der Waals surface area contributed by atoms with Crippen LogP contribution in [0.3, 0.4) is 0 Å². The molecule has 1 amide bonds. The van der Waals surface area contributed by atoms with Crippen molar-refractivity contribution >= 4 is 11.7 Å². The summed E-state index contributed by atoms with van der Waals surface area (Å²) in [6.45, 7) is 11.8. The lowest BCUT2D eigenvalue weighted by atomic mass is 9.75. The van der Waals surface area contributed by atoms with Gasteiger partial charge in [-0.05, 0) is 37.7 Å². The van der Waals surface area contributed by atoms with E-state index in [0.717, 1.165) is 41.9 Å². The molecule has 0 aliphatic heterocycles. The van der Waals surface area contributed by atoms with E-state index in [1.165, 1.54) is 6.33 Å². The van der Waals surface area contributed by atoms with Crippen molar-refractivity contribution in [2.45, 2.75) is 79.4 Å². The van der Waals surface area contributed by atoms with Crippen LogP contribution in [0.4, 0.5) is 0 Å². The predicted molar refractivity (Wildman–Crippen MR) is 107 cm³/mol. The summed E-state index contributed by atoms with van der Waals surface area (Å²) in [5.74, 6) is 0.104. The number of aromatic nitrogens is 4. The van der Waals surface area contributed by atoms with Crippen LogP contribution in [0.15, 0.2) is 12.7 Å². The smallest absolute Gasteiger partial charge is 0.224 e. The highest BCUT2D eigenvalue weighted by Gasteiger charge is 2.36. The molecule has 2 heterocycles. The van der Waals surface area contributed by atoms with Crippen LogP contribution < -0.4 is 5.32 Å². The lowest BCUT2D eigenvalue weighted by Crippen LogP contribution is -2.37. The third-order valence-corrected chi connectivity index (χ3v) is 5.44. The van der Waals surface area contributed by atoms with Crippen LogP contribution >= 0.6 is 0 Å². The first-order valence-electron chi connectivity index (χ1n) is 10.1. The lowest BCUT2D eigenvalue weighted by Gasteiger charge is -2.30. The Kier molecular flexibility index (Phi) is 5.72. The second-order valence-electron chi connectivity index (χ2n) is 8.74. The fourth-order valence-electron chi connectivity index (χ4n) is 4.29. The third-order valence-electron chi connectivity index (χ3n) is 5.44. The van der Waals surface area contributed by atoms with Crippen LogP contribution in [-0.4, -0.2) is 37.1 Å². The van der Waals surface area contributed by atoms with Gasteiger partial charge in [0.2, 0.25) is 5.91 Å². The van der Waals surface area contributed by atoms with Gasteiger partial charge >= 0.3 is 0 Å². The molecule has 0 fully saturated rings. The van der Waals surface area contributed by atoms with Crippen molar-refractivity contribution in [1.82, 2.24) is 24.6 Å². The molecule has 0 unspecified atom stereocenters. The Morgan fingerprint density at radius 1 is 1.36 bits per heavy atom. The Morgan fingerprint density at radius 2 is 2.11 bits per heavy atom. The highest BCUT2D eigenvalue weighted by Crippen LogP contribution is 2.39. The maximum absolute atomic E-state index is 12.9. The van der Waals surface area contributed by atoms with Gasteiger partial charge in [-0.15, -0.1) is 0 Å². The molecule has 28 heavy (non-hydrogen) atoms. The molecule has 2 aromatic heterocycles. The number of carbonyl (C=O) groups excluding carboxylic acids is 2. The Bertz CT molecular complexity index is 864. The first-order chi connectivity index (χ1) is 13.2. The molecule has 152 valence electrons. The molecule has 0 bridgehead atoms. The largest absolute Gasteiger partial charge is 0.351 e. The molecule has 3 rings (SSSR count). The van der Waals surface area contributed by atoms with Gasteiger partial charge in [-0.1, -0.05) is 20.8 Å². The number of nitrogens with one attached hydrogen (secondary N) is 1. The van der Waals surface area contributed by atoms with Gasteiger partial charge in [0.1, 0.15) is 12.7 Å². The molecule has 0 radical (unpaired) electrons. The topological polar surface area (TPSA) is 81.8 Å². The number of amides is 1. The summed E-state index contributed by atoms with van der Waals surface area (Å²) in [5, 5.41) is 7.10. The monoisotopic (exact) mass is 385 g/mol. The van der Waals surface area contributed by atoms with Crippen LogP contribution in [0.5, 0.6) is 0 Å². The van der Waals surface area contributed by atoms with Crippen molar-refractivity contribution in [2.24, 2.45) is 5.41 Å². The second kappa shape index (κ2) is 7.89. The minimum Gasteiger partial charge on any atom is -0.351 e. The van der Waals surface area contributed by atoms with Gasteiger partial charge in [0.25, 0.3) is 0 Å². The van der Waals surface area contributed by atoms with Gasteiger partial charge in [-0.25, -0.2) is 4.98 Å².